The zero-order valence-electron chi connectivity index (χ0n) is 12.4. The Balaban J connectivity index is 2.54. The van der Waals surface area contributed by atoms with Gasteiger partial charge in [-0.3, -0.25) is 9.59 Å². The van der Waals surface area contributed by atoms with Crippen molar-refractivity contribution < 1.29 is 14.7 Å². The lowest BCUT2D eigenvalue weighted by atomic mass is 9.73. The third kappa shape index (κ3) is 2.53. The summed E-state index contributed by atoms with van der Waals surface area (Å²) in [5.41, 5.74) is 2.13. The fourth-order valence-corrected chi connectivity index (χ4v) is 2.67. The average molecular weight is 272 g/mol. The first-order chi connectivity index (χ1) is 9.23. The van der Waals surface area contributed by atoms with E-state index < -0.39 is 0 Å². The van der Waals surface area contributed by atoms with Crippen molar-refractivity contribution in [2.24, 2.45) is 5.41 Å². The van der Waals surface area contributed by atoms with Gasteiger partial charge in [-0.25, -0.2) is 0 Å². The molecule has 0 amide bonds. The van der Waals surface area contributed by atoms with Crippen LogP contribution in [-0.2, 0) is 9.59 Å². The van der Waals surface area contributed by atoms with Crippen LogP contribution in [0.1, 0.15) is 43.4 Å². The first-order valence-corrected chi connectivity index (χ1v) is 6.79. The molecule has 1 aromatic rings. The minimum Gasteiger partial charge on any atom is -0.506 e. The highest BCUT2D eigenvalue weighted by atomic mass is 16.3. The summed E-state index contributed by atoms with van der Waals surface area (Å²) < 4.78 is 0. The predicted octanol–water partition coefficient (Wildman–Crippen LogP) is 3.53. The lowest BCUT2D eigenvalue weighted by Gasteiger charge is -2.29. The highest BCUT2D eigenvalue weighted by molar-refractivity contribution is 6.26. The maximum atomic E-state index is 12.2. The molecular formula is C17H20O3. The van der Waals surface area contributed by atoms with Crippen molar-refractivity contribution in [3.05, 3.63) is 40.5 Å². The number of benzene rings is 1. The van der Waals surface area contributed by atoms with Gasteiger partial charge in [-0.1, -0.05) is 32.0 Å². The van der Waals surface area contributed by atoms with Gasteiger partial charge < -0.3 is 5.11 Å². The molecule has 1 fully saturated rings. The van der Waals surface area contributed by atoms with E-state index in [1.54, 1.807) is 6.07 Å². The molecular weight excluding hydrogens is 252 g/mol. The monoisotopic (exact) mass is 272 g/mol. The number of hydrogen-bond acceptors (Lipinski definition) is 3. The van der Waals surface area contributed by atoms with Gasteiger partial charge in [0.05, 0.1) is 0 Å². The predicted molar refractivity (Wildman–Crippen MR) is 78.5 cm³/mol. The second-order valence-corrected chi connectivity index (χ2v) is 6.34. The van der Waals surface area contributed by atoms with Crippen molar-refractivity contribution >= 4 is 17.3 Å². The van der Waals surface area contributed by atoms with Crippen LogP contribution in [-0.4, -0.2) is 16.7 Å². The molecule has 106 valence electrons. The molecule has 0 bridgehead atoms. The number of allylic oxidation sites excluding steroid dienone is 1. The van der Waals surface area contributed by atoms with E-state index in [1.807, 2.05) is 39.8 Å². The number of ketones is 2. The van der Waals surface area contributed by atoms with Crippen molar-refractivity contribution in [1.29, 1.82) is 0 Å². The van der Waals surface area contributed by atoms with E-state index in [0.29, 0.717) is 18.4 Å². The van der Waals surface area contributed by atoms with E-state index >= 15 is 0 Å². The zero-order valence-corrected chi connectivity index (χ0v) is 12.4. The quantitative estimate of drug-likeness (QED) is 0.483. The van der Waals surface area contributed by atoms with Gasteiger partial charge in [0.25, 0.3) is 0 Å². The van der Waals surface area contributed by atoms with Crippen molar-refractivity contribution in [2.75, 3.05) is 0 Å². The number of Topliss-reactive ketones (excluding diaryl/α,β-unsaturated/α-hetero) is 2. The highest BCUT2D eigenvalue weighted by Crippen LogP contribution is 2.36. The highest BCUT2D eigenvalue weighted by Gasteiger charge is 2.38. The number of hydrogen-bond donors (Lipinski definition) is 1. The molecule has 1 saturated carbocycles. The molecule has 0 atom stereocenters. The van der Waals surface area contributed by atoms with E-state index in [9.17, 15) is 14.7 Å². The van der Waals surface area contributed by atoms with Gasteiger partial charge in [0.1, 0.15) is 11.3 Å². The minimum absolute atomic E-state index is 0.0296. The second kappa shape index (κ2) is 4.89. The molecule has 2 rings (SSSR count). The van der Waals surface area contributed by atoms with Gasteiger partial charge in [-0.15, -0.1) is 0 Å². The fourth-order valence-electron chi connectivity index (χ4n) is 2.67. The molecule has 0 aromatic heterocycles. The molecule has 0 heterocycles. The summed E-state index contributed by atoms with van der Waals surface area (Å²) in [5, 5.41) is 10.4. The summed E-state index contributed by atoms with van der Waals surface area (Å²) in [6.07, 6.45) is 0.589. The number of rotatable bonds is 1. The zero-order chi connectivity index (χ0) is 15.1. The Morgan fingerprint density at radius 2 is 1.65 bits per heavy atom. The van der Waals surface area contributed by atoms with Crippen LogP contribution in [0.25, 0.3) is 5.76 Å². The maximum absolute atomic E-state index is 12.2. The summed E-state index contributed by atoms with van der Waals surface area (Å²) in [6, 6.07) is 5.49. The van der Waals surface area contributed by atoms with Crippen molar-refractivity contribution in [3.63, 3.8) is 0 Å². The summed E-state index contributed by atoms with van der Waals surface area (Å²) in [7, 11) is 0. The Morgan fingerprint density at radius 3 is 2.20 bits per heavy atom. The minimum atomic E-state index is -0.320. The van der Waals surface area contributed by atoms with Crippen LogP contribution in [0.5, 0.6) is 0 Å². The molecule has 0 saturated heterocycles. The van der Waals surface area contributed by atoms with Gasteiger partial charge >= 0.3 is 0 Å². The molecule has 3 nitrogen and oxygen atoms in total. The summed E-state index contributed by atoms with van der Waals surface area (Å²) in [4.78, 5) is 24.4. The van der Waals surface area contributed by atoms with Crippen LogP contribution in [0.3, 0.4) is 0 Å². The SMILES string of the molecule is Cc1cccc(C(O)=C2C(=O)CC(C)(C)CC2=O)c1C. The van der Waals surface area contributed by atoms with E-state index in [2.05, 4.69) is 0 Å². The van der Waals surface area contributed by atoms with E-state index in [-0.39, 0.29) is 28.3 Å². The first-order valence-electron chi connectivity index (χ1n) is 6.79. The summed E-state index contributed by atoms with van der Waals surface area (Å²) >= 11 is 0. The largest absolute Gasteiger partial charge is 0.506 e. The Kier molecular flexibility index (Phi) is 3.55. The molecule has 1 aliphatic rings. The average Bonchev–Trinajstić information content (AvgIpc) is 2.29. The van der Waals surface area contributed by atoms with Crippen molar-refractivity contribution in [1.82, 2.24) is 0 Å². The number of aryl methyl sites for hydroxylation is 1. The van der Waals surface area contributed by atoms with Crippen LogP contribution >= 0.6 is 0 Å². The van der Waals surface area contributed by atoms with Gasteiger partial charge in [-0.2, -0.15) is 0 Å². The molecule has 20 heavy (non-hydrogen) atoms. The van der Waals surface area contributed by atoms with Crippen LogP contribution in [0.2, 0.25) is 0 Å². The number of aliphatic hydroxyl groups excluding tert-OH is 1. The summed E-state index contributed by atoms with van der Waals surface area (Å²) in [5.74, 6) is -0.689. The number of carbonyl (C=O) groups excluding carboxylic acids is 2. The van der Waals surface area contributed by atoms with Crippen molar-refractivity contribution in [3.8, 4) is 0 Å². The van der Waals surface area contributed by atoms with Crippen LogP contribution in [0.4, 0.5) is 0 Å². The van der Waals surface area contributed by atoms with Gasteiger partial charge in [-0.05, 0) is 30.4 Å². The smallest absolute Gasteiger partial charge is 0.170 e. The van der Waals surface area contributed by atoms with Crippen molar-refractivity contribution in [2.45, 2.75) is 40.5 Å². The molecule has 0 unspecified atom stereocenters. The molecule has 1 aliphatic carbocycles. The standard InChI is InChI=1S/C17H20O3/c1-10-6-5-7-12(11(10)2)16(20)15-13(18)8-17(3,4)9-14(15)19/h5-7,20H,8-9H2,1-4H3. The van der Waals surface area contributed by atoms with E-state index in [4.69, 9.17) is 0 Å². The third-order valence-electron chi connectivity index (χ3n) is 3.93. The molecule has 1 aromatic carbocycles. The van der Waals surface area contributed by atoms with Crippen LogP contribution < -0.4 is 0 Å². The Hall–Kier alpha value is -1.90. The van der Waals surface area contributed by atoms with Crippen LogP contribution in [0.15, 0.2) is 23.8 Å². The lowest BCUT2D eigenvalue weighted by molar-refractivity contribution is -0.127. The molecule has 0 radical (unpaired) electrons. The van der Waals surface area contributed by atoms with E-state index in [0.717, 1.165) is 11.1 Å². The maximum Gasteiger partial charge on any atom is 0.170 e. The topological polar surface area (TPSA) is 54.4 Å². The molecule has 0 spiro atoms. The first kappa shape index (κ1) is 14.5. The number of aliphatic hydroxyl groups is 1. The van der Waals surface area contributed by atoms with Gasteiger partial charge in [0, 0.05) is 18.4 Å². The third-order valence-corrected chi connectivity index (χ3v) is 3.93. The molecule has 0 aliphatic heterocycles. The fraction of sp³-hybridized carbons (Fsp3) is 0.412. The van der Waals surface area contributed by atoms with E-state index in [1.165, 1.54) is 0 Å². The normalized spacial score (nSPS) is 18.3. The Bertz CT molecular complexity index is 599. The number of carbonyl (C=O) groups is 2. The molecule has 1 N–H and O–H groups in total. The van der Waals surface area contributed by atoms with Crippen LogP contribution in [0, 0.1) is 19.3 Å². The lowest BCUT2D eigenvalue weighted by Crippen LogP contribution is -2.32. The van der Waals surface area contributed by atoms with Gasteiger partial charge in [0.15, 0.2) is 11.6 Å². The molecule has 3 heteroatoms. The Morgan fingerprint density at radius 1 is 1.10 bits per heavy atom. The van der Waals surface area contributed by atoms with Gasteiger partial charge in [0.2, 0.25) is 0 Å². The Labute approximate surface area is 119 Å². The second-order valence-electron chi connectivity index (χ2n) is 6.34. The summed E-state index contributed by atoms with van der Waals surface area (Å²) in [6.45, 7) is 7.61.